The van der Waals surface area contributed by atoms with Crippen molar-refractivity contribution in [3.8, 4) is 73.0 Å². The third-order valence-electron chi connectivity index (χ3n) is 16.0. The third-order valence-corrected chi connectivity index (χ3v) is 16.0. The normalized spacial score (nSPS) is 13.1. The van der Waals surface area contributed by atoms with E-state index in [1.807, 2.05) is 54.2 Å². The van der Waals surface area contributed by atoms with E-state index in [0.717, 1.165) is 106 Å². The number of fused-ring (bicyclic) bond motifs is 4. The van der Waals surface area contributed by atoms with Gasteiger partial charge in [0.15, 0.2) is 0 Å². The Labute approximate surface area is 514 Å². The number of hydrogen-bond donors (Lipinski definition) is 0. The Morgan fingerprint density at radius 3 is 1.67 bits per heavy atom. The van der Waals surface area contributed by atoms with Crippen molar-refractivity contribution in [3.05, 3.63) is 272 Å². The number of rotatable bonds is 10. The van der Waals surface area contributed by atoms with Crippen LogP contribution in [0.25, 0.3) is 83.3 Å². The van der Waals surface area contributed by atoms with Gasteiger partial charge in [0, 0.05) is 79.4 Å². The predicted molar refractivity (Wildman–Crippen MR) is 348 cm³/mol. The molecule has 1 aliphatic heterocycles. The molecule has 6 heteroatoms. The number of anilines is 4. The molecule has 0 radical (unpaired) electrons. The zero-order valence-corrected chi connectivity index (χ0v) is 51.1. The van der Waals surface area contributed by atoms with Gasteiger partial charge >= 0.3 is 0 Å². The molecular weight excluding hydrogens is 1200 g/mol. The summed E-state index contributed by atoms with van der Waals surface area (Å²) in [5, 5.41) is 2.00. The van der Waals surface area contributed by atoms with Crippen LogP contribution in [0.15, 0.2) is 237 Å². The topological polar surface area (TPSA) is 33.5 Å². The largest absolute Gasteiger partial charge is 0.509 e. The van der Waals surface area contributed by atoms with E-state index in [9.17, 15) is 4.11 Å². The monoisotopic (exact) mass is 1270 g/mol. The predicted octanol–water partition coefficient (Wildman–Crippen LogP) is 21.2. The van der Waals surface area contributed by atoms with Crippen molar-refractivity contribution in [2.75, 3.05) is 9.80 Å². The van der Waals surface area contributed by atoms with Gasteiger partial charge in [0.05, 0.1) is 0 Å². The van der Waals surface area contributed by atoms with Crippen molar-refractivity contribution in [2.45, 2.75) is 78.6 Å². The minimum Gasteiger partial charge on any atom is -0.509 e. The summed E-state index contributed by atoms with van der Waals surface area (Å²) >= 11 is 0. The summed E-state index contributed by atoms with van der Waals surface area (Å²) in [5.74, 6) is 1.05. The standard InChI is InChI=1S/C78H67N4O.Pt/c1-76(2,3)58-41-37-54(38-42-58)63-32-22-33-64(57-28-20-27-56(45-57)52-23-12-10-13-24-52)75(63)81-51-80(70-35-18-19-36-71(70)81)60-29-21-30-61(46-60)83-62-47-66(55-39-43-59(44-40-55)77(4,5)6)74-65-31-16-17-34-69(65)82(72(74)48-62)73-49-68(78(7,8)9)67(50-79-73)53-25-14-11-15-26-53;/h10-45,47,49-51H,1-9H3;/q-3;/i21D,29D,30D;. The van der Waals surface area contributed by atoms with Gasteiger partial charge in [-0.25, -0.2) is 4.98 Å². The van der Waals surface area contributed by atoms with Crippen LogP contribution in [-0.2, 0) is 37.3 Å². The molecule has 5 nitrogen and oxygen atoms in total. The Balaban J connectivity index is 0.00000739. The Bertz CT molecular complexity index is 4560. The molecular formula is C78H67N4OPt-3. The third kappa shape index (κ3) is 10.6. The molecule has 1 aliphatic rings. The van der Waals surface area contributed by atoms with Crippen LogP contribution in [0.2, 0.25) is 0 Å². The van der Waals surface area contributed by atoms with E-state index in [-0.39, 0.29) is 66.9 Å². The van der Waals surface area contributed by atoms with Crippen LogP contribution in [0.1, 0.15) is 83.1 Å². The summed E-state index contributed by atoms with van der Waals surface area (Å²) in [5.41, 5.74) is 18.2. The minimum atomic E-state index is -0.290. The van der Waals surface area contributed by atoms with Gasteiger partial charge in [-0.3, -0.25) is 0 Å². The first kappa shape index (κ1) is 52.1. The first-order valence-electron chi connectivity index (χ1n) is 30.1. The first-order chi connectivity index (χ1) is 41.3. The number of ether oxygens (including phenoxy) is 1. The van der Waals surface area contributed by atoms with E-state index in [4.69, 9.17) is 9.72 Å². The molecule has 0 spiro atoms. The van der Waals surface area contributed by atoms with Gasteiger partial charge in [0.25, 0.3) is 0 Å². The summed E-state index contributed by atoms with van der Waals surface area (Å²) in [6.45, 7) is 22.0. The van der Waals surface area contributed by atoms with Gasteiger partial charge in [0.2, 0.25) is 0 Å². The number of hydrogen-bond acceptors (Lipinski definition) is 4. The maximum atomic E-state index is 9.66. The maximum absolute atomic E-state index is 9.66. The molecule has 2 aromatic heterocycles. The quantitative estimate of drug-likeness (QED) is 0.128. The first-order valence-corrected chi connectivity index (χ1v) is 28.6. The average molecular weight is 1270 g/mol. The van der Waals surface area contributed by atoms with Gasteiger partial charge in [-0.15, -0.1) is 48.2 Å². The molecule has 0 saturated heterocycles. The van der Waals surface area contributed by atoms with E-state index in [1.165, 1.54) is 11.1 Å². The Morgan fingerprint density at radius 2 is 1.01 bits per heavy atom. The fourth-order valence-electron chi connectivity index (χ4n) is 11.7. The fraction of sp³-hybridized carbons (Fsp3) is 0.154. The maximum Gasteiger partial charge on any atom is 0.135 e. The molecule has 0 unspecified atom stereocenters. The van der Waals surface area contributed by atoms with E-state index >= 15 is 0 Å². The number of para-hydroxylation sites is 4. The molecule has 418 valence electrons. The zero-order chi connectivity index (χ0) is 59.8. The smallest absolute Gasteiger partial charge is 0.135 e. The molecule has 0 atom stereocenters. The molecule has 13 rings (SSSR count). The van der Waals surface area contributed by atoms with Crippen molar-refractivity contribution >= 4 is 44.6 Å². The van der Waals surface area contributed by atoms with Gasteiger partial charge in [-0.2, -0.15) is 6.04 Å². The molecule has 10 aromatic carbocycles. The summed E-state index contributed by atoms with van der Waals surface area (Å²) < 4.78 is 37.8. The number of nitrogens with zero attached hydrogens (tertiary/aromatic N) is 4. The SMILES string of the molecule is [2H]c1c(Oc2[c-]c3c(c(-c4ccc(C(C)(C)C)cc4)c2)c2ccccc2n3-c2cc(C(C)(C)C)c(-c3ccccc3)cn2)[c-]c(N2[CH-]N(c3c(-c4ccc(C(C)(C)C)cc4)cccc3-c3cccc(-c4ccccc4)c3)c3ccccc32)c([2H])c1[2H].[Pt]. The molecule has 0 amide bonds. The Kier molecular flexibility index (Phi) is 13.7. The van der Waals surface area contributed by atoms with Crippen LogP contribution in [0.3, 0.4) is 0 Å². The van der Waals surface area contributed by atoms with Crippen molar-refractivity contribution in [3.63, 3.8) is 0 Å². The Hall–Kier alpha value is -8.76. The minimum absolute atomic E-state index is 0. The van der Waals surface area contributed by atoms with Crippen LogP contribution < -0.4 is 14.5 Å². The molecule has 0 N–H and O–H groups in total. The van der Waals surface area contributed by atoms with Crippen molar-refractivity contribution < 1.29 is 29.9 Å². The van der Waals surface area contributed by atoms with Gasteiger partial charge in [-0.1, -0.05) is 249 Å². The van der Waals surface area contributed by atoms with Gasteiger partial charge in [-0.05, 0) is 105 Å². The van der Waals surface area contributed by atoms with Crippen LogP contribution in [0.4, 0.5) is 22.7 Å². The second kappa shape index (κ2) is 22.1. The summed E-state index contributed by atoms with van der Waals surface area (Å²) in [6.07, 6.45) is 1.99. The molecule has 12 aromatic rings. The van der Waals surface area contributed by atoms with E-state index < -0.39 is 0 Å². The summed E-state index contributed by atoms with van der Waals surface area (Å²) in [4.78, 5) is 9.35. The Morgan fingerprint density at radius 1 is 0.464 bits per heavy atom. The van der Waals surface area contributed by atoms with E-state index in [1.54, 1.807) is 0 Å². The zero-order valence-electron chi connectivity index (χ0n) is 51.9. The molecule has 0 aliphatic carbocycles. The van der Waals surface area contributed by atoms with E-state index in [0.29, 0.717) is 5.75 Å². The second-order valence-electron chi connectivity index (χ2n) is 24.8. The van der Waals surface area contributed by atoms with Gasteiger partial charge in [0.1, 0.15) is 5.82 Å². The molecule has 84 heavy (non-hydrogen) atoms. The fourth-order valence-corrected chi connectivity index (χ4v) is 11.7. The molecule has 0 fully saturated rings. The second-order valence-corrected chi connectivity index (χ2v) is 24.8. The van der Waals surface area contributed by atoms with Gasteiger partial charge < -0.3 is 19.1 Å². The molecule has 0 saturated carbocycles. The van der Waals surface area contributed by atoms with Crippen molar-refractivity contribution in [1.82, 2.24) is 9.55 Å². The number of benzene rings is 10. The molecule has 3 heterocycles. The van der Waals surface area contributed by atoms with Crippen LogP contribution in [0.5, 0.6) is 11.5 Å². The van der Waals surface area contributed by atoms with Crippen LogP contribution in [-0.4, -0.2) is 9.55 Å². The average Bonchev–Trinajstić information content (AvgIpc) is 2.50. The van der Waals surface area contributed by atoms with Crippen LogP contribution in [0, 0.1) is 18.8 Å². The summed E-state index contributed by atoms with van der Waals surface area (Å²) in [6, 6.07) is 80.8. The van der Waals surface area contributed by atoms with Crippen LogP contribution >= 0.6 is 0 Å². The number of aromatic nitrogens is 2. The van der Waals surface area contributed by atoms with Crippen molar-refractivity contribution in [1.29, 1.82) is 0 Å². The number of pyridine rings is 1. The summed E-state index contributed by atoms with van der Waals surface area (Å²) in [7, 11) is 0. The van der Waals surface area contributed by atoms with E-state index in [2.05, 4.69) is 260 Å². The molecule has 0 bridgehead atoms. The van der Waals surface area contributed by atoms with Crippen molar-refractivity contribution in [2.24, 2.45) is 0 Å².